The van der Waals surface area contributed by atoms with Gasteiger partial charge in [-0.1, -0.05) is 66.2 Å². The van der Waals surface area contributed by atoms with Crippen LogP contribution in [0.15, 0.2) is 83.3 Å². The predicted molar refractivity (Wildman–Crippen MR) is 118 cm³/mol. The Hall–Kier alpha value is -3.70. The fourth-order valence-corrected chi connectivity index (χ4v) is 4.09. The minimum atomic E-state index is -1.73. The largest absolute Gasteiger partial charge is 0.441 e. The van der Waals surface area contributed by atoms with Crippen LogP contribution in [0.5, 0.6) is 0 Å². The highest BCUT2D eigenvalue weighted by molar-refractivity contribution is 6.09. The van der Waals surface area contributed by atoms with E-state index in [0.29, 0.717) is 34.2 Å². The van der Waals surface area contributed by atoms with Crippen molar-refractivity contribution in [2.24, 2.45) is 0 Å². The molecule has 1 atom stereocenters. The van der Waals surface area contributed by atoms with E-state index < -0.39 is 5.60 Å². The third kappa shape index (κ3) is 3.05. The van der Waals surface area contributed by atoms with Gasteiger partial charge in [-0.25, -0.2) is 4.98 Å². The summed E-state index contributed by atoms with van der Waals surface area (Å²) in [6.45, 7) is 4.03. The Morgan fingerprint density at radius 1 is 0.935 bits per heavy atom. The maximum absolute atomic E-state index is 13.6. The summed E-state index contributed by atoms with van der Waals surface area (Å²) in [6, 6.07) is 24.4. The molecule has 0 fully saturated rings. The molecule has 3 aromatic carbocycles. The molecule has 2 heterocycles. The molecule has 0 spiro atoms. The van der Waals surface area contributed by atoms with E-state index in [-0.39, 0.29) is 12.5 Å². The van der Waals surface area contributed by atoms with Crippen LogP contribution in [0.1, 0.15) is 28.1 Å². The molecule has 0 bridgehead atoms. The lowest BCUT2D eigenvalue weighted by Gasteiger charge is -2.23. The summed E-state index contributed by atoms with van der Waals surface area (Å²) in [7, 11) is 0. The number of hydrogen-bond donors (Lipinski definition) is 1. The molecule has 1 aromatic heterocycles. The van der Waals surface area contributed by atoms with Crippen LogP contribution in [0, 0.1) is 13.8 Å². The van der Waals surface area contributed by atoms with Gasteiger partial charge >= 0.3 is 0 Å². The summed E-state index contributed by atoms with van der Waals surface area (Å²) in [5.74, 6) is 0.776. The van der Waals surface area contributed by atoms with Crippen molar-refractivity contribution in [2.45, 2.75) is 26.0 Å². The summed E-state index contributed by atoms with van der Waals surface area (Å²) in [4.78, 5) is 19.8. The zero-order valence-corrected chi connectivity index (χ0v) is 17.4. The molecule has 1 amide bonds. The van der Waals surface area contributed by atoms with Gasteiger partial charge < -0.3 is 14.4 Å². The number of nitrogens with zero attached hydrogens (tertiary/aromatic N) is 2. The van der Waals surface area contributed by atoms with Gasteiger partial charge in [0.1, 0.15) is 11.5 Å². The van der Waals surface area contributed by atoms with Crippen LogP contribution >= 0.6 is 0 Å². The van der Waals surface area contributed by atoms with Crippen LogP contribution in [-0.4, -0.2) is 16.0 Å². The van der Waals surface area contributed by atoms with Gasteiger partial charge in [0.25, 0.3) is 5.91 Å². The molecule has 5 nitrogen and oxygen atoms in total. The first kappa shape index (κ1) is 19.3. The van der Waals surface area contributed by atoms with Crippen molar-refractivity contribution in [1.29, 1.82) is 0 Å². The molecule has 0 radical (unpaired) electrons. The van der Waals surface area contributed by atoms with E-state index in [2.05, 4.69) is 4.98 Å². The van der Waals surface area contributed by atoms with Crippen molar-refractivity contribution >= 4 is 11.6 Å². The fraction of sp³-hybridized carbons (Fsp3) is 0.154. The molecule has 1 N–H and O–H groups in total. The number of anilines is 1. The highest BCUT2D eigenvalue weighted by Crippen LogP contribution is 2.45. The van der Waals surface area contributed by atoms with Crippen LogP contribution in [-0.2, 0) is 16.9 Å². The Morgan fingerprint density at radius 3 is 2.35 bits per heavy atom. The molecule has 1 aliphatic rings. The monoisotopic (exact) mass is 410 g/mol. The van der Waals surface area contributed by atoms with Crippen LogP contribution in [0.2, 0.25) is 0 Å². The van der Waals surface area contributed by atoms with Crippen molar-refractivity contribution in [3.05, 3.63) is 107 Å². The highest BCUT2D eigenvalue weighted by Gasteiger charge is 2.51. The second kappa shape index (κ2) is 7.22. The summed E-state index contributed by atoms with van der Waals surface area (Å²) in [6.07, 6.45) is 0. The average Bonchev–Trinajstić information content (AvgIpc) is 3.27. The molecule has 0 saturated heterocycles. The average molecular weight is 410 g/mol. The first-order chi connectivity index (χ1) is 15.0. The van der Waals surface area contributed by atoms with Gasteiger partial charge in [-0.3, -0.25) is 4.79 Å². The van der Waals surface area contributed by atoms with Gasteiger partial charge in [0, 0.05) is 11.1 Å². The van der Waals surface area contributed by atoms with Gasteiger partial charge in [0.05, 0.1) is 12.2 Å². The van der Waals surface area contributed by atoms with E-state index in [1.165, 1.54) is 0 Å². The molecule has 31 heavy (non-hydrogen) atoms. The summed E-state index contributed by atoms with van der Waals surface area (Å²) in [5.41, 5.74) is 2.68. The second-order valence-electron chi connectivity index (χ2n) is 7.87. The lowest BCUT2D eigenvalue weighted by Crippen LogP contribution is -2.41. The van der Waals surface area contributed by atoms with Gasteiger partial charge in [-0.2, -0.15) is 0 Å². The zero-order chi connectivity index (χ0) is 21.6. The molecule has 0 saturated carbocycles. The third-order valence-corrected chi connectivity index (χ3v) is 5.83. The Balaban J connectivity index is 1.55. The first-order valence-electron chi connectivity index (χ1n) is 10.2. The maximum atomic E-state index is 13.6. The SMILES string of the molecule is Cc1ccc([C@@]2(O)C(=O)N(Cc3nc(-c4ccccc4)oc3C)c3ccccc32)cc1. The smallest absolute Gasteiger partial charge is 0.268 e. The molecule has 4 aromatic rings. The fourth-order valence-electron chi connectivity index (χ4n) is 4.09. The van der Waals surface area contributed by atoms with E-state index in [9.17, 15) is 9.90 Å². The standard InChI is InChI=1S/C26H22N2O3/c1-17-12-14-20(15-13-17)26(30)21-10-6-7-11-23(21)28(25(26)29)16-22-18(2)31-24(27-22)19-8-4-3-5-9-19/h3-15,30H,16H2,1-2H3/t26-/m0/s1. The van der Waals surface area contributed by atoms with Crippen LogP contribution in [0.4, 0.5) is 5.69 Å². The summed E-state index contributed by atoms with van der Waals surface area (Å²) in [5, 5.41) is 11.6. The van der Waals surface area contributed by atoms with Gasteiger partial charge in [0.15, 0.2) is 5.60 Å². The van der Waals surface area contributed by atoms with Crippen molar-refractivity contribution < 1.29 is 14.3 Å². The molecular weight excluding hydrogens is 388 g/mol. The molecule has 0 unspecified atom stereocenters. The zero-order valence-electron chi connectivity index (χ0n) is 17.4. The molecular formula is C26H22N2O3. The third-order valence-electron chi connectivity index (χ3n) is 5.83. The van der Waals surface area contributed by atoms with Gasteiger partial charge in [-0.15, -0.1) is 0 Å². The number of fused-ring (bicyclic) bond motifs is 1. The number of carbonyl (C=O) groups is 1. The van der Waals surface area contributed by atoms with Crippen molar-refractivity contribution in [2.75, 3.05) is 4.90 Å². The minimum absolute atomic E-state index is 0.214. The number of carbonyl (C=O) groups excluding carboxylic acids is 1. The van der Waals surface area contributed by atoms with Crippen LogP contribution < -0.4 is 4.90 Å². The summed E-state index contributed by atoms with van der Waals surface area (Å²) >= 11 is 0. The van der Waals surface area contributed by atoms with E-state index in [4.69, 9.17) is 4.42 Å². The van der Waals surface area contributed by atoms with Crippen LogP contribution in [0.25, 0.3) is 11.5 Å². The van der Waals surface area contributed by atoms with E-state index in [1.54, 1.807) is 11.0 Å². The summed E-state index contributed by atoms with van der Waals surface area (Å²) < 4.78 is 5.87. The maximum Gasteiger partial charge on any atom is 0.268 e. The number of benzene rings is 3. The normalized spacial score (nSPS) is 17.8. The lowest BCUT2D eigenvalue weighted by molar-refractivity contribution is -0.132. The number of amides is 1. The Kier molecular flexibility index (Phi) is 4.49. The number of para-hydroxylation sites is 1. The van der Waals surface area contributed by atoms with Crippen molar-refractivity contribution in [3.63, 3.8) is 0 Å². The van der Waals surface area contributed by atoms with Crippen LogP contribution in [0.3, 0.4) is 0 Å². The molecule has 154 valence electrons. The minimum Gasteiger partial charge on any atom is -0.441 e. The number of rotatable bonds is 4. The number of oxazole rings is 1. The van der Waals surface area contributed by atoms with E-state index in [0.717, 1.165) is 11.1 Å². The molecule has 5 rings (SSSR count). The number of aromatic nitrogens is 1. The quantitative estimate of drug-likeness (QED) is 0.528. The van der Waals surface area contributed by atoms with E-state index >= 15 is 0 Å². The lowest BCUT2D eigenvalue weighted by atomic mass is 9.87. The Bertz CT molecular complexity index is 1260. The first-order valence-corrected chi connectivity index (χ1v) is 10.2. The van der Waals surface area contributed by atoms with Gasteiger partial charge in [-0.05, 0) is 37.6 Å². The topological polar surface area (TPSA) is 66.6 Å². The highest BCUT2D eigenvalue weighted by atomic mass is 16.4. The molecule has 1 aliphatic heterocycles. The van der Waals surface area contributed by atoms with Gasteiger partial charge in [0.2, 0.25) is 5.89 Å². The second-order valence-corrected chi connectivity index (χ2v) is 7.87. The Morgan fingerprint density at radius 2 is 1.61 bits per heavy atom. The molecule has 5 heteroatoms. The van der Waals surface area contributed by atoms with Crippen molar-refractivity contribution in [1.82, 2.24) is 4.98 Å². The predicted octanol–water partition coefficient (Wildman–Crippen LogP) is 4.74. The van der Waals surface area contributed by atoms with E-state index in [1.807, 2.05) is 86.6 Å². The Labute approximate surface area is 180 Å². The molecule has 0 aliphatic carbocycles. The number of aliphatic hydroxyl groups is 1. The number of hydrogen-bond acceptors (Lipinski definition) is 4. The van der Waals surface area contributed by atoms with Crippen molar-refractivity contribution in [3.8, 4) is 11.5 Å². The number of aryl methyl sites for hydroxylation is 2.